The molecule has 3 aromatic rings. The van der Waals surface area contributed by atoms with E-state index in [4.69, 9.17) is 24.3 Å². The highest BCUT2D eigenvalue weighted by Gasteiger charge is 2.55. The number of hydrogen-bond donors (Lipinski definition) is 3. The number of aliphatic hydroxyl groups is 1. The number of nitrogens with one attached hydrogen (secondary N) is 1. The molecule has 0 aliphatic carbocycles. The first-order valence-corrected chi connectivity index (χ1v) is 14.9. The Hall–Kier alpha value is -3.36. The van der Waals surface area contributed by atoms with Crippen molar-refractivity contribution in [2.45, 2.75) is 70.4 Å². The lowest BCUT2D eigenvalue weighted by Gasteiger charge is -2.25. The number of ether oxygens (including phenoxy) is 2. The third kappa shape index (κ3) is 6.81. The largest absolute Gasteiger partial charge is 0.462 e. The van der Waals surface area contributed by atoms with Crippen LogP contribution in [0.3, 0.4) is 0 Å². The Balaban J connectivity index is 1.50. The average Bonchev–Trinajstić information content (AvgIpc) is 3.41. The van der Waals surface area contributed by atoms with Crippen molar-refractivity contribution >= 4 is 36.6 Å². The maximum atomic E-state index is 16.0. The van der Waals surface area contributed by atoms with Gasteiger partial charge in [0.25, 0.3) is 0 Å². The van der Waals surface area contributed by atoms with Gasteiger partial charge in [-0.25, -0.2) is 13.9 Å². The van der Waals surface area contributed by atoms with Crippen molar-refractivity contribution in [1.82, 2.24) is 24.6 Å². The number of aromatic nitrogens is 4. The molecule has 3 heterocycles. The smallest absolute Gasteiger partial charge is 0.459 e. The molecule has 1 unspecified atom stereocenters. The van der Waals surface area contributed by atoms with Gasteiger partial charge in [-0.3, -0.25) is 13.9 Å². The number of esters is 1. The second-order valence-electron chi connectivity index (χ2n) is 10.6. The van der Waals surface area contributed by atoms with E-state index in [2.05, 4.69) is 20.0 Å². The molecule has 0 radical (unpaired) electrons. The van der Waals surface area contributed by atoms with Gasteiger partial charge in [-0.05, 0) is 39.8 Å². The number of rotatable bonds is 12. The van der Waals surface area contributed by atoms with Crippen LogP contribution in [-0.2, 0) is 23.4 Å². The normalized spacial score (nSPS) is 24.5. The molecule has 0 saturated carbocycles. The van der Waals surface area contributed by atoms with Crippen LogP contribution in [0.25, 0.3) is 11.2 Å². The monoisotopic (exact) mass is 609 g/mol. The van der Waals surface area contributed by atoms with Crippen LogP contribution >= 0.6 is 7.75 Å². The number of halogens is 1. The maximum absolute atomic E-state index is 16.0. The van der Waals surface area contributed by atoms with Crippen LogP contribution in [0, 0.1) is 0 Å². The second-order valence-corrected chi connectivity index (χ2v) is 12.3. The number of hydrogen-bond acceptors (Lipinski definition) is 12. The van der Waals surface area contributed by atoms with Gasteiger partial charge in [-0.1, -0.05) is 18.2 Å². The number of nitrogen functional groups attached to an aromatic ring is 1. The number of fused-ring (bicyclic) bond motifs is 1. The molecule has 42 heavy (non-hydrogen) atoms. The van der Waals surface area contributed by atoms with Gasteiger partial charge >= 0.3 is 13.7 Å². The summed E-state index contributed by atoms with van der Waals surface area (Å²) in [5.41, 5.74) is 4.23. The van der Waals surface area contributed by atoms with E-state index in [0.29, 0.717) is 11.3 Å². The molecule has 0 bridgehead atoms. The second kappa shape index (κ2) is 12.5. The van der Waals surface area contributed by atoms with E-state index in [1.54, 1.807) is 63.2 Å². The Labute approximate surface area is 242 Å². The predicted molar refractivity (Wildman–Crippen MR) is 153 cm³/mol. The highest BCUT2D eigenvalue weighted by Crippen LogP contribution is 2.47. The molecule has 2 aromatic heterocycles. The zero-order chi connectivity index (χ0) is 30.8. The van der Waals surface area contributed by atoms with E-state index in [-0.39, 0.29) is 36.5 Å². The molecule has 230 valence electrons. The van der Waals surface area contributed by atoms with Crippen LogP contribution < -0.4 is 20.2 Å². The number of imidazole rings is 1. The fraction of sp³-hybridized carbons (Fsp3) is 0.538. The number of carbonyl (C=O) groups excluding carboxylic acids is 1. The molecule has 4 N–H and O–H groups in total. The number of carbonyl (C=O) groups is 1. The summed E-state index contributed by atoms with van der Waals surface area (Å²) in [4.78, 5) is 26.8. The lowest BCUT2D eigenvalue weighted by atomic mass is 9.97. The third-order valence-corrected chi connectivity index (χ3v) is 8.18. The maximum Gasteiger partial charge on any atom is 0.459 e. The molecule has 1 saturated heterocycles. The Kier molecular flexibility index (Phi) is 9.38. The number of nitrogens with zero attached hydrogens (tertiary/aromatic N) is 5. The predicted octanol–water partition coefficient (Wildman–Crippen LogP) is 2.98. The summed E-state index contributed by atoms with van der Waals surface area (Å²) in [6.07, 6.45) is -3.07. The van der Waals surface area contributed by atoms with E-state index in [9.17, 15) is 14.5 Å². The SMILES string of the molecule is CC(C)OC(=O)[C@H](C)NP(=O)(OCC[C@H]1O[C@@H](n2cnc3c(N(C)C)nc(N)nc32)[C@](C)(F)[C@@H]1O)Oc1ccccc1. The zero-order valence-corrected chi connectivity index (χ0v) is 25.2. The molecule has 1 aliphatic heterocycles. The summed E-state index contributed by atoms with van der Waals surface area (Å²) in [6, 6.07) is 7.23. The Morgan fingerprint density at radius 3 is 2.62 bits per heavy atom. The summed E-state index contributed by atoms with van der Waals surface area (Å²) >= 11 is 0. The summed E-state index contributed by atoms with van der Waals surface area (Å²) < 4.78 is 53.4. The summed E-state index contributed by atoms with van der Waals surface area (Å²) in [7, 11) is -0.636. The van der Waals surface area contributed by atoms with Gasteiger partial charge < -0.3 is 29.7 Å². The number of para-hydroxylation sites is 1. The standard InChI is InChI=1S/C26H37FN7O7P/c1-15(2)39-23(36)16(3)32-42(37,41-17-10-8-7-9-11-17)38-13-12-18-20(35)26(4,27)24(40-18)34-14-29-19-21(33(5)6)30-25(28)31-22(19)34/h7-11,14-16,18,20,24,35H,12-13H2,1-6H3,(H,32,37)(H2,28,30,31)/t16-,18+,20+,24+,26+,42?/m0/s1. The number of benzene rings is 1. The zero-order valence-electron chi connectivity index (χ0n) is 24.3. The van der Waals surface area contributed by atoms with Crippen molar-refractivity contribution in [3.8, 4) is 5.75 Å². The third-order valence-electron chi connectivity index (χ3n) is 6.50. The number of alkyl halides is 1. The fourth-order valence-electron chi connectivity index (χ4n) is 4.47. The van der Waals surface area contributed by atoms with Crippen LogP contribution in [-0.4, -0.2) is 81.3 Å². The van der Waals surface area contributed by atoms with E-state index < -0.39 is 43.9 Å². The fourth-order valence-corrected chi connectivity index (χ4v) is 5.98. The first kappa shape index (κ1) is 31.6. The number of anilines is 2. The van der Waals surface area contributed by atoms with Crippen LogP contribution in [0.1, 0.15) is 40.3 Å². The number of nitrogens with two attached hydrogens (primary N) is 1. The first-order chi connectivity index (χ1) is 19.7. The Morgan fingerprint density at radius 2 is 1.98 bits per heavy atom. The molecule has 4 rings (SSSR count). The highest BCUT2D eigenvalue weighted by molar-refractivity contribution is 7.52. The van der Waals surface area contributed by atoms with Gasteiger partial charge in [0, 0.05) is 20.5 Å². The van der Waals surface area contributed by atoms with Crippen LogP contribution in [0.4, 0.5) is 16.2 Å². The van der Waals surface area contributed by atoms with Gasteiger partial charge in [0.05, 0.1) is 25.1 Å². The van der Waals surface area contributed by atoms with Gasteiger partial charge in [-0.2, -0.15) is 15.1 Å². The molecule has 14 nitrogen and oxygen atoms in total. The minimum absolute atomic E-state index is 0.0369. The van der Waals surface area contributed by atoms with E-state index in [1.807, 2.05) is 0 Å². The van der Waals surface area contributed by atoms with Crippen molar-refractivity contribution in [3.63, 3.8) is 0 Å². The van der Waals surface area contributed by atoms with E-state index >= 15 is 4.39 Å². The molecule has 1 fully saturated rings. The van der Waals surface area contributed by atoms with Gasteiger partial charge in [0.15, 0.2) is 28.9 Å². The quantitative estimate of drug-likeness (QED) is 0.202. The highest BCUT2D eigenvalue weighted by atomic mass is 31.2. The summed E-state index contributed by atoms with van der Waals surface area (Å²) in [5, 5.41) is 13.5. The van der Waals surface area contributed by atoms with Gasteiger partial charge in [0.2, 0.25) is 5.95 Å². The lowest BCUT2D eigenvalue weighted by molar-refractivity contribution is -0.149. The molecule has 0 amide bonds. The van der Waals surface area contributed by atoms with Crippen molar-refractivity contribution in [2.24, 2.45) is 0 Å². The van der Waals surface area contributed by atoms with Crippen LogP contribution in [0.15, 0.2) is 36.7 Å². The minimum Gasteiger partial charge on any atom is -0.462 e. The van der Waals surface area contributed by atoms with Crippen molar-refractivity contribution in [3.05, 3.63) is 36.7 Å². The topological polar surface area (TPSA) is 176 Å². The molecule has 6 atom stereocenters. The molecule has 0 spiro atoms. The molecular formula is C26H37FN7O7P. The Morgan fingerprint density at radius 1 is 1.29 bits per heavy atom. The van der Waals surface area contributed by atoms with Crippen molar-refractivity contribution in [1.29, 1.82) is 0 Å². The first-order valence-electron chi connectivity index (χ1n) is 13.4. The van der Waals surface area contributed by atoms with E-state index in [0.717, 1.165) is 0 Å². The van der Waals surface area contributed by atoms with Gasteiger partial charge in [0.1, 0.15) is 17.9 Å². The van der Waals surface area contributed by atoms with Gasteiger partial charge in [-0.15, -0.1) is 0 Å². The van der Waals surface area contributed by atoms with Crippen LogP contribution in [0.5, 0.6) is 5.75 Å². The minimum atomic E-state index is -4.15. The van der Waals surface area contributed by atoms with Crippen molar-refractivity contribution < 1.29 is 37.4 Å². The molecule has 16 heteroatoms. The average molecular weight is 610 g/mol. The Bertz CT molecular complexity index is 1440. The molecule has 1 aliphatic rings. The van der Waals surface area contributed by atoms with Crippen molar-refractivity contribution in [2.75, 3.05) is 31.3 Å². The number of aliphatic hydroxyl groups excluding tert-OH is 1. The summed E-state index contributed by atoms with van der Waals surface area (Å²) in [6.45, 7) is 5.77. The van der Waals surface area contributed by atoms with Crippen LogP contribution in [0.2, 0.25) is 0 Å². The summed E-state index contributed by atoms with van der Waals surface area (Å²) in [5.74, 6) is -0.0131. The van der Waals surface area contributed by atoms with E-state index in [1.165, 1.54) is 24.7 Å². The lowest BCUT2D eigenvalue weighted by Crippen LogP contribution is -2.40. The molecule has 1 aromatic carbocycles. The molecular weight excluding hydrogens is 572 g/mol.